The molecule has 0 bridgehead atoms. The Labute approximate surface area is 98.3 Å². The minimum atomic E-state index is -0.199. The molecule has 0 aliphatic heterocycles. The Kier molecular flexibility index (Phi) is 4.52. The Morgan fingerprint density at radius 1 is 1.38 bits per heavy atom. The Morgan fingerprint density at radius 2 is 2.06 bits per heavy atom. The molecule has 2 nitrogen and oxygen atoms in total. The number of hydrogen-bond acceptors (Lipinski definition) is 2. The van der Waals surface area contributed by atoms with Crippen molar-refractivity contribution in [1.29, 1.82) is 5.26 Å². The maximum Gasteiger partial charge on any atom is 0.121 e. The van der Waals surface area contributed by atoms with Crippen LogP contribution >= 0.6 is 0 Å². The summed E-state index contributed by atoms with van der Waals surface area (Å²) in [6.07, 6.45) is 1.03. The maximum atomic E-state index is 9.21. The van der Waals surface area contributed by atoms with Crippen LogP contribution in [-0.4, -0.2) is 6.04 Å². The van der Waals surface area contributed by atoms with Crippen LogP contribution in [0.5, 0.6) is 0 Å². The van der Waals surface area contributed by atoms with Crippen molar-refractivity contribution in [3.63, 3.8) is 0 Å². The standard InChI is InChI=1S/C14H20N2/c1-5-12(4)16-14(9-15)13-7-6-10(2)8-11(13)3/h6-8,12,14,16H,5H2,1-4H3. The van der Waals surface area contributed by atoms with E-state index in [4.69, 9.17) is 0 Å². The molecule has 1 N–H and O–H groups in total. The third kappa shape index (κ3) is 3.08. The minimum absolute atomic E-state index is 0.199. The van der Waals surface area contributed by atoms with Crippen molar-refractivity contribution in [2.24, 2.45) is 0 Å². The number of hydrogen-bond donors (Lipinski definition) is 1. The normalized spacial score (nSPS) is 14.2. The van der Waals surface area contributed by atoms with Gasteiger partial charge in [-0.3, -0.25) is 5.32 Å². The van der Waals surface area contributed by atoms with Crippen LogP contribution in [0.4, 0.5) is 0 Å². The van der Waals surface area contributed by atoms with Gasteiger partial charge < -0.3 is 0 Å². The van der Waals surface area contributed by atoms with Gasteiger partial charge in [0.15, 0.2) is 0 Å². The predicted octanol–water partition coefficient (Wildman–Crippen LogP) is 3.26. The lowest BCUT2D eigenvalue weighted by atomic mass is 9.99. The average molecular weight is 216 g/mol. The molecular weight excluding hydrogens is 196 g/mol. The summed E-state index contributed by atoms with van der Waals surface area (Å²) in [7, 11) is 0. The summed E-state index contributed by atoms with van der Waals surface area (Å²) in [5.74, 6) is 0. The number of nitriles is 1. The Hall–Kier alpha value is -1.33. The number of benzene rings is 1. The van der Waals surface area contributed by atoms with E-state index in [9.17, 15) is 5.26 Å². The van der Waals surface area contributed by atoms with Crippen molar-refractivity contribution in [1.82, 2.24) is 5.32 Å². The van der Waals surface area contributed by atoms with Crippen molar-refractivity contribution in [3.05, 3.63) is 34.9 Å². The van der Waals surface area contributed by atoms with E-state index in [0.29, 0.717) is 6.04 Å². The van der Waals surface area contributed by atoms with Crippen molar-refractivity contribution < 1.29 is 0 Å². The van der Waals surface area contributed by atoms with Gasteiger partial charge in [0, 0.05) is 6.04 Å². The van der Waals surface area contributed by atoms with Crippen LogP contribution in [0.15, 0.2) is 18.2 Å². The average Bonchev–Trinajstić information content (AvgIpc) is 2.26. The maximum absolute atomic E-state index is 9.21. The smallest absolute Gasteiger partial charge is 0.121 e. The number of aryl methyl sites for hydroxylation is 2. The lowest BCUT2D eigenvalue weighted by Crippen LogP contribution is -2.29. The highest BCUT2D eigenvalue weighted by molar-refractivity contribution is 5.35. The molecule has 2 atom stereocenters. The van der Waals surface area contributed by atoms with Crippen LogP contribution in [0.2, 0.25) is 0 Å². The van der Waals surface area contributed by atoms with Crippen LogP contribution in [0.25, 0.3) is 0 Å². The summed E-state index contributed by atoms with van der Waals surface area (Å²) in [5, 5.41) is 12.5. The van der Waals surface area contributed by atoms with Gasteiger partial charge in [-0.05, 0) is 38.3 Å². The second kappa shape index (κ2) is 5.67. The van der Waals surface area contributed by atoms with Crippen molar-refractivity contribution in [3.8, 4) is 6.07 Å². The minimum Gasteiger partial charge on any atom is -0.296 e. The zero-order valence-corrected chi connectivity index (χ0v) is 10.5. The van der Waals surface area contributed by atoms with Crippen LogP contribution in [0, 0.1) is 25.2 Å². The molecule has 0 aliphatic rings. The molecule has 0 saturated heterocycles. The van der Waals surface area contributed by atoms with Gasteiger partial charge in [0.2, 0.25) is 0 Å². The highest BCUT2D eigenvalue weighted by atomic mass is 14.9. The van der Waals surface area contributed by atoms with Gasteiger partial charge >= 0.3 is 0 Å². The van der Waals surface area contributed by atoms with E-state index >= 15 is 0 Å². The highest BCUT2D eigenvalue weighted by Crippen LogP contribution is 2.19. The SMILES string of the molecule is CCC(C)NC(C#N)c1ccc(C)cc1C. The molecule has 1 aromatic carbocycles. The molecule has 2 heteroatoms. The molecule has 0 amide bonds. The molecule has 0 aliphatic carbocycles. The first-order valence-corrected chi connectivity index (χ1v) is 5.81. The monoisotopic (exact) mass is 216 g/mol. The largest absolute Gasteiger partial charge is 0.296 e. The first kappa shape index (κ1) is 12.7. The van der Waals surface area contributed by atoms with E-state index in [-0.39, 0.29) is 6.04 Å². The van der Waals surface area contributed by atoms with Crippen LogP contribution in [0.3, 0.4) is 0 Å². The van der Waals surface area contributed by atoms with Gasteiger partial charge in [0.25, 0.3) is 0 Å². The summed E-state index contributed by atoms with van der Waals surface area (Å²) >= 11 is 0. The summed E-state index contributed by atoms with van der Waals surface area (Å²) < 4.78 is 0. The van der Waals surface area contributed by atoms with Crippen LogP contribution in [0.1, 0.15) is 43.0 Å². The van der Waals surface area contributed by atoms with Crippen molar-refractivity contribution in [2.45, 2.75) is 46.2 Å². The third-order valence-electron chi connectivity index (χ3n) is 2.93. The van der Waals surface area contributed by atoms with Gasteiger partial charge in [-0.1, -0.05) is 30.7 Å². The Bertz CT molecular complexity index is 390. The van der Waals surface area contributed by atoms with E-state index in [1.54, 1.807) is 0 Å². The topological polar surface area (TPSA) is 35.8 Å². The fourth-order valence-electron chi connectivity index (χ4n) is 1.75. The summed E-state index contributed by atoms with van der Waals surface area (Å²) in [6, 6.07) is 8.73. The van der Waals surface area contributed by atoms with Gasteiger partial charge in [-0.15, -0.1) is 0 Å². The molecule has 0 fully saturated rings. The van der Waals surface area contributed by atoms with Gasteiger partial charge in [0.05, 0.1) is 6.07 Å². The van der Waals surface area contributed by atoms with Gasteiger partial charge in [-0.2, -0.15) is 5.26 Å². The fraction of sp³-hybridized carbons (Fsp3) is 0.500. The van der Waals surface area contributed by atoms with Crippen LogP contribution < -0.4 is 5.32 Å². The zero-order chi connectivity index (χ0) is 12.1. The second-order valence-corrected chi connectivity index (χ2v) is 4.40. The molecule has 0 aromatic heterocycles. The first-order valence-electron chi connectivity index (χ1n) is 5.81. The van der Waals surface area contributed by atoms with E-state index in [0.717, 1.165) is 12.0 Å². The molecule has 16 heavy (non-hydrogen) atoms. The van der Waals surface area contributed by atoms with Crippen molar-refractivity contribution in [2.75, 3.05) is 0 Å². The highest BCUT2D eigenvalue weighted by Gasteiger charge is 2.14. The molecule has 1 aromatic rings. The van der Waals surface area contributed by atoms with E-state index in [2.05, 4.69) is 51.2 Å². The summed E-state index contributed by atoms with van der Waals surface area (Å²) in [4.78, 5) is 0. The first-order chi connectivity index (χ1) is 7.58. The zero-order valence-electron chi connectivity index (χ0n) is 10.5. The van der Waals surface area contributed by atoms with Gasteiger partial charge in [0.1, 0.15) is 6.04 Å². The molecule has 0 spiro atoms. The quantitative estimate of drug-likeness (QED) is 0.838. The lowest BCUT2D eigenvalue weighted by molar-refractivity contribution is 0.500. The van der Waals surface area contributed by atoms with E-state index in [1.807, 2.05) is 6.07 Å². The third-order valence-corrected chi connectivity index (χ3v) is 2.93. The molecule has 2 unspecified atom stereocenters. The molecule has 86 valence electrons. The number of nitrogens with one attached hydrogen (secondary N) is 1. The lowest BCUT2D eigenvalue weighted by Gasteiger charge is -2.18. The summed E-state index contributed by atoms with van der Waals surface area (Å²) in [5.41, 5.74) is 3.51. The van der Waals surface area contributed by atoms with E-state index < -0.39 is 0 Å². The van der Waals surface area contributed by atoms with Gasteiger partial charge in [-0.25, -0.2) is 0 Å². The number of nitrogens with zero attached hydrogens (tertiary/aromatic N) is 1. The van der Waals surface area contributed by atoms with Crippen molar-refractivity contribution >= 4 is 0 Å². The Morgan fingerprint density at radius 3 is 2.56 bits per heavy atom. The predicted molar refractivity (Wildman–Crippen MR) is 67.2 cm³/mol. The Balaban J connectivity index is 2.92. The molecule has 0 heterocycles. The second-order valence-electron chi connectivity index (χ2n) is 4.40. The molecule has 1 rings (SSSR count). The molecule has 0 saturated carbocycles. The fourth-order valence-corrected chi connectivity index (χ4v) is 1.75. The van der Waals surface area contributed by atoms with E-state index in [1.165, 1.54) is 11.1 Å². The molecular formula is C14H20N2. The molecule has 0 radical (unpaired) electrons. The summed E-state index contributed by atoms with van der Waals surface area (Å²) in [6.45, 7) is 8.35. The van der Waals surface area contributed by atoms with Crippen LogP contribution in [-0.2, 0) is 0 Å². The number of rotatable bonds is 4.